The van der Waals surface area contributed by atoms with Crippen LogP contribution in [0.1, 0.15) is 18.2 Å². The first-order valence-corrected chi connectivity index (χ1v) is 4.13. The zero-order chi connectivity index (χ0) is 8.43. The summed E-state index contributed by atoms with van der Waals surface area (Å²) in [5.74, 6) is 0.874. The molecule has 0 spiro atoms. The first-order chi connectivity index (χ1) is 5.09. The Kier molecular flexibility index (Phi) is 2.49. The molecule has 0 aliphatic carbocycles. The zero-order valence-electron chi connectivity index (χ0n) is 6.48. The quantitative estimate of drug-likeness (QED) is 0.761. The summed E-state index contributed by atoms with van der Waals surface area (Å²) in [6, 6.07) is 1.86. The van der Waals surface area contributed by atoms with Crippen molar-refractivity contribution < 1.29 is 9.21 Å². The van der Waals surface area contributed by atoms with Gasteiger partial charge in [0.05, 0.1) is 6.42 Å². The van der Waals surface area contributed by atoms with E-state index in [0.29, 0.717) is 11.1 Å². The van der Waals surface area contributed by atoms with Gasteiger partial charge in [-0.3, -0.25) is 4.79 Å². The number of furan rings is 1. The largest absolute Gasteiger partial charge is 0.454 e. The van der Waals surface area contributed by atoms with Gasteiger partial charge in [-0.05, 0) is 41.4 Å². The van der Waals surface area contributed by atoms with Gasteiger partial charge in [-0.25, -0.2) is 0 Å². The lowest BCUT2D eigenvalue weighted by Crippen LogP contribution is -1.95. The van der Waals surface area contributed by atoms with Crippen molar-refractivity contribution in [2.75, 3.05) is 0 Å². The van der Waals surface area contributed by atoms with Gasteiger partial charge in [0.25, 0.3) is 0 Å². The molecule has 1 rings (SSSR count). The third-order valence-electron chi connectivity index (χ3n) is 1.40. The molecule has 0 atom stereocenters. The fourth-order valence-electron chi connectivity index (χ4n) is 0.880. The maximum Gasteiger partial charge on any atom is 0.169 e. The highest BCUT2D eigenvalue weighted by molar-refractivity contribution is 9.10. The van der Waals surface area contributed by atoms with Crippen LogP contribution >= 0.6 is 15.9 Å². The van der Waals surface area contributed by atoms with E-state index in [0.717, 1.165) is 11.3 Å². The van der Waals surface area contributed by atoms with Crippen LogP contribution in [0.25, 0.3) is 0 Å². The summed E-state index contributed by atoms with van der Waals surface area (Å²) in [5, 5.41) is 0. The Morgan fingerprint density at radius 3 is 2.73 bits per heavy atom. The summed E-state index contributed by atoms with van der Waals surface area (Å²) in [5.41, 5.74) is 1.02. The molecule has 0 saturated heterocycles. The zero-order valence-corrected chi connectivity index (χ0v) is 8.06. The Hall–Kier alpha value is -0.570. The SMILES string of the molecule is CC(=O)Cc1oc(Br)cc1C. The number of aryl methyl sites for hydroxylation is 1. The van der Waals surface area contributed by atoms with Crippen LogP contribution in [0.15, 0.2) is 15.2 Å². The average Bonchev–Trinajstić information content (AvgIpc) is 2.09. The van der Waals surface area contributed by atoms with Gasteiger partial charge in [0.2, 0.25) is 0 Å². The molecule has 0 radical (unpaired) electrons. The molecule has 0 N–H and O–H groups in total. The van der Waals surface area contributed by atoms with Gasteiger partial charge < -0.3 is 4.42 Å². The average molecular weight is 217 g/mol. The Balaban J connectivity index is 2.85. The summed E-state index contributed by atoms with van der Waals surface area (Å²) >= 11 is 3.19. The molecule has 60 valence electrons. The van der Waals surface area contributed by atoms with Crippen LogP contribution in [0.5, 0.6) is 0 Å². The van der Waals surface area contributed by atoms with Gasteiger partial charge in [-0.15, -0.1) is 0 Å². The molecule has 3 heteroatoms. The van der Waals surface area contributed by atoms with Crippen molar-refractivity contribution in [3.63, 3.8) is 0 Å². The number of carbonyl (C=O) groups excluding carboxylic acids is 1. The summed E-state index contributed by atoms with van der Waals surface area (Å²) in [6.07, 6.45) is 0.386. The first-order valence-electron chi connectivity index (χ1n) is 3.34. The maximum absolute atomic E-state index is 10.7. The molecule has 1 aromatic heterocycles. The Bertz CT molecular complexity index is 276. The molecule has 0 saturated carbocycles. The summed E-state index contributed by atoms with van der Waals surface area (Å²) in [7, 11) is 0. The predicted molar refractivity (Wildman–Crippen MR) is 45.5 cm³/mol. The molecule has 0 fully saturated rings. The minimum absolute atomic E-state index is 0.120. The molecular weight excluding hydrogens is 208 g/mol. The Labute approximate surface area is 73.7 Å². The second-order valence-corrected chi connectivity index (χ2v) is 3.32. The topological polar surface area (TPSA) is 30.2 Å². The number of rotatable bonds is 2. The van der Waals surface area contributed by atoms with Crippen molar-refractivity contribution in [3.8, 4) is 0 Å². The minimum atomic E-state index is 0.120. The van der Waals surface area contributed by atoms with Crippen LogP contribution in [0.2, 0.25) is 0 Å². The fourth-order valence-corrected chi connectivity index (χ4v) is 1.42. The molecule has 0 unspecified atom stereocenters. The molecule has 2 nitrogen and oxygen atoms in total. The Morgan fingerprint density at radius 2 is 2.36 bits per heavy atom. The molecule has 0 aromatic carbocycles. The molecule has 0 aliphatic heterocycles. The lowest BCUT2D eigenvalue weighted by molar-refractivity contribution is -0.116. The van der Waals surface area contributed by atoms with E-state index in [2.05, 4.69) is 15.9 Å². The van der Waals surface area contributed by atoms with Crippen LogP contribution < -0.4 is 0 Å². The van der Waals surface area contributed by atoms with Gasteiger partial charge in [0.1, 0.15) is 11.5 Å². The van der Waals surface area contributed by atoms with Crippen molar-refractivity contribution in [1.82, 2.24) is 0 Å². The van der Waals surface area contributed by atoms with Crippen molar-refractivity contribution in [3.05, 3.63) is 22.1 Å². The summed E-state index contributed by atoms with van der Waals surface area (Å²) < 4.78 is 5.91. The number of hydrogen-bond donors (Lipinski definition) is 0. The smallest absolute Gasteiger partial charge is 0.169 e. The van der Waals surface area contributed by atoms with Crippen LogP contribution in [-0.4, -0.2) is 5.78 Å². The number of hydrogen-bond acceptors (Lipinski definition) is 2. The van der Waals surface area contributed by atoms with E-state index < -0.39 is 0 Å². The van der Waals surface area contributed by atoms with E-state index in [1.807, 2.05) is 13.0 Å². The second kappa shape index (κ2) is 3.22. The van der Waals surface area contributed by atoms with E-state index in [4.69, 9.17) is 4.42 Å². The van der Waals surface area contributed by atoms with E-state index in [9.17, 15) is 4.79 Å². The highest BCUT2D eigenvalue weighted by Gasteiger charge is 2.07. The van der Waals surface area contributed by atoms with Crippen LogP contribution in [0, 0.1) is 6.92 Å². The van der Waals surface area contributed by atoms with E-state index >= 15 is 0 Å². The number of ketones is 1. The van der Waals surface area contributed by atoms with Crippen LogP contribution in [0.3, 0.4) is 0 Å². The molecule has 11 heavy (non-hydrogen) atoms. The lowest BCUT2D eigenvalue weighted by atomic mass is 10.2. The van der Waals surface area contributed by atoms with Crippen molar-refractivity contribution in [1.29, 1.82) is 0 Å². The summed E-state index contributed by atoms with van der Waals surface area (Å²) in [4.78, 5) is 10.7. The lowest BCUT2D eigenvalue weighted by Gasteiger charge is -1.91. The predicted octanol–water partition coefficient (Wildman–Crippen LogP) is 2.48. The molecule has 0 amide bonds. The molecular formula is C8H9BrO2. The number of halogens is 1. The standard InChI is InChI=1S/C8H9BrO2/c1-5-3-8(9)11-7(5)4-6(2)10/h3H,4H2,1-2H3. The van der Waals surface area contributed by atoms with Gasteiger partial charge in [0, 0.05) is 0 Å². The molecule has 1 aromatic rings. The van der Waals surface area contributed by atoms with Gasteiger partial charge in [-0.2, -0.15) is 0 Å². The van der Waals surface area contributed by atoms with Crippen molar-refractivity contribution in [2.24, 2.45) is 0 Å². The van der Waals surface area contributed by atoms with Crippen molar-refractivity contribution >= 4 is 21.7 Å². The second-order valence-electron chi connectivity index (χ2n) is 2.54. The third-order valence-corrected chi connectivity index (χ3v) is 1.79. The first kappa shape index (κ1) is 8.53. The van der Waals surface area contributed by atoms with Gasteiger partial charge in [0.15, 0.2) is 4.67 Å². The van der Waals surface area contributed by atoms with E-state index in [-0.39, 0.29) is 5.78 Å². The third kappa shape index (κ3) is 2.19. The molecule has 0 bridgehead atoms. The normalized spacial score (nSPS) is 10.1. The minimum Gasteiger partial charge on any atom is -0.454 e. The highest BCUT2D eigenvalue weighted by atomic mass is 79.9. The maximum atomic E-state index is 10.7. The monoisotopic (exact) mass is 216 g/mol. The number of Topliss-reactive ketones (excluding diaryl/α,β-unsaturated/α-hetero) is 1. The van der Waals surface area contributed by atoms with Gasteiger partial charge >= 0.3 is 0 Å². The van der Waals surface area contributed by atoms with Crippen LogP contribution in [-0.2, 0) is 11.2 Å². The summed E-state index contributed by atoms with van der Waals surface area (Å²) in [6.45, 7) is 3.47. The van der Waals surface area contributed by atoms with E-state index in [1.165, 1.54) is 0 Å². The van der Waals surface area contributed by atoms with Crippen molar-refractivity contribution in [2.45, 2.75) is 20.3 Å². The highest BCUT2D eigenvalue weighted by Crippen LogP contribution is 2.19. The fraction of sp³-hybridized carbons (Fsp3) is 0.375. The molecule has 0 aliphatic rings. The van der Waals surface area contributed by atoms with Gasteiger partial charge in [-0.1, -0.05) is 0 Å². The number of carbonyl (C=O) groups is 1. The van der Waals surface area contributed by atoms with Crippen LogP contribution in [0.4, 0.5) is 0 Å². The molecule has 1 heterocycles. The Morgan fingerprint density at radius 1 is 1.73 bits per heavy atom. The van der Waals surface area contributed by atoms with E-state index in [1.54, 1.807) is 6.92 Å².